The molecule has 2 heterocycles. The topological polar surface area (TPSA) is 86.8 Å². The SMILES string of the molecule is O=C(Cc1noc2ccccc12)N1CC(O)C(O)C1. The number of carbonyl (C=O) groups excluding carboxylic acids is 1. The minimum atomic E-state index is -0.863. The van der Waals surface area contributed by atoms with Crippen molar-refractivity contribution in [1.82, 2.24) is 10.1 Å². The third-order valence-corrected chi connectivity index (χ3v) is 3.38. The van der Waals surface area contributed by atoms with Gasteiger partial charge in [0, 0.05) is 18.5 Å². The van der Waals surface area contributed by atoms with E-state index in [-0.39, 0.29) is 25.4 Å². The van der Waals surface area contributed by atoms with Gasteiger partial charge >= 0.3 is 0 Å². The molecule has 1 amide bonds. The Morgan fingerprint density at radius 1 is 1.32 bits per heavy atom. The first-order valence-corrected chi connectivity index (χ1v) is 6.12. The number of likely N-dealkylation sites (tertiary alicyclic amines) is 1. The second-order valence-electron chi connectivity index (χ2n) is 4.74. The van der Waals surface area contributed by atoms with Crippen LogP contribution in [0.15, 0.2) is 28.8 Å². The number of aliphatic hydroxyl groups excluding tert-OH is 2. The first-order chi connectivity index (χ1) is 9.15. The van der Waals surface area contributed by atoms with Gasteiger partial charge in [-0.2, -0.15) is 0 Å². The number of fused-ring (bicyclic) bond motifs is 1. The van der Waals surface area contributed by atoms with Crippen molar-refractivity contribution in [1.29, 1.82) is 0 Å². The number of benzene rings is 1. The van der Waals surface area contributed by atoms with Crippen LogP contribution in [0.4, 0.5) is 0 Å². The zero-order chi connectivity index (χ0) is 13.4. The minimum absolute atomic E-state index is 0.108. The maximum Gasteiger partial charge on any atom is 0.228 e. The molecule has 1 aromatic carbocycles. The number of aliphatic hydroxyl groups is 2. The first-order valence-electron chi connectivity index (χ1n) is 6.12. The lowest BCUT2D eigenvalue weighted by Gasteiger charge is -2.14. The number of carbonyl (C=O) groups is 1. The van der Waals surface area contributed by atoms with Gasteiger partial charge in [0.2, 0.25) is 5.91 Å². The summed E-state index contributed by atoms with van der Waals surface area (Å²) in [6.45, 7) is 0.325. The summed E-state index contributed by atoms with van der Waals surface area (Å²) < 4.78 is 5.14. The number of β-amino-alcohol motifs (C(OH)–C–C–N with tert-alkyl or cyclic N) is 2. The highest BCUT2D eigenvalue weighted by Gasteiger charge is 2.32. The van der Waals surface area contributed by atoms with Gasteiger partial charge in [0.25, 0.3) is 0 Å². The molecule has 0 aliphatic carbocycles. The fourth-order valence-electron chi connectivity index (χ4n) is 2.29. The summed E-state index contributed by atoms with van der Waals surface area (Å²) >= 11 is 0. The van der Waals surface area contributed by atoms with Crippen LogP contribution in [-0.4, -0.2) is 51.5 Å². The maximum absolute atomic E-state index is 12.1. The molecule has 2 unspecified atom stereocenters. The van der Waals surface area contributed by atoms with Crippen molar-refractivity contribution < 1.29 is 19.5 Å². The number of hydrogen-bond donors (Lipinski definition) is 2. The quantitative estimate of drug-likeness (QED) is 0.791. The van der Waals surface area contributed by atoms with Crippen LogP contribution in [0.2, 0.25) is 0 Å². The molecule has 1 aromatic heterocycles. The van der Waals surface area contributed by atoms with E-state index >= 15 is 0 Å². The van der Waals surface area contributed by atoms with Crippen molar-refractivity contribution in [2.24, 2.45) is 0 Å². The smallest absolute Gasteiger partial charge is 0.228 e. The van der Waals surface area contributed by atoms with E-state index in [1.165, 1.54) is 4.90 Å². The molecule has 100 valence electrons. The third kappa shape index (κ3) is 2.20. The monoisotopic (exact) mass is 262 g/mol. The van der Waals surface area contributed by atoms with E-state index in [1.807, 2.05) is 18.2 Å². The van der Waals surface area contributed by atoms with Crippen LogP contribution in [0.1, 0.15) is 5.69 Å². The molecule has 19 heavy (non-hydrogen) atoms. The van der Waals surface area contributed by atoms with Crippen LogP contribution in [-0.2, 0) is 11.2 Å². The molecule has 0 bridgehead atoms. The lowest BCUT2D eigenvalue weighted by atomic mass is 10.1. The molecule has 1 aliphatic rings. The lowest BCUT2D eigenvalue weighted by molar-refractivity contribution is -0.130. The van der Waals surface area contributed by atoms with Gasteiger partial charge in [-0.1, -0.05) is 17.3 Å². The van der Waals surface area contributed by atoms with Crippen molar-refractivity contribution in [3.63, 3.8) is 0 Å². The number of para-hydroxylation sites is 1. The predicted octanol–water partition coefficient (Wildman–Crippen LogP) is -0.0657. The standard InChI is InChI=1S/C13H14N2O4/c16-10-6-15(7-11(10)17)13(18)5-9-8-3-1-2-4-12(8)19-14-9/h1-4,10-11,16-17H,5-7H2. The Bertz CT molecular complexity index is 599. The van der Waals surface area contributed by atoms with Crippen LogP contribution >= 0.6 is 0 Å². The Kier molecular flexibility index (Phi) is 2.96. The molecule has 2 N–H and O–H groups in total. The van der Waals surface area contributed by atoms with E-state index in [2.05, 4.69) is 5.16 Å². The largest absolute Gasteiger partial charge is 0.388 e. The van der Waals surface area contributed by atoms with Crippen LogP contribution in [0.5, 0.6) is 0 Å². The van der Waals surface area contributed by atoms with Crippen molar-refractivity contribution in [3.8, 4) is 0 Å². The highest BCUT2D eigenvalue weighted by molar-refractivity contribution is 5.86. The summed E-state index contributed by atoms with van der Waals surface area (Å²) in [7, 11) is 0. The Labute approximate surface area is 109 Å². The van der Waals surface area contributed by atoms with Crippen LogP contribution in [0.25, 0.3) is 11.0 Å². The molecule has 2 atom stereocenters. The van der Waals surface area contributed by atoms with E-state index in [9.17, 15) is 15.0 Å². The molecule has 2 aromatic rings. The molecular formula is C13H14N2O4. The van der Waals surface area contributed by atoms with Gasteiger partial charge in [-0.05, 0) is 12.1 Å². The highest BCUT2D eigenvalue weighted by atomic mass is 16.5. The van der Waals surface area contributed by atoms with Gasteiger partial charge in [-0.15, -0.1) is 0 Å². The van der Waals surface area contributed by atoms with Gasteiger partial charge < -0.3 is 19.6 Å². The van der Waals surface area contributed by atoms with Crippen molar-refractivity contribution in [2.75, 3.05) is 13.1 Å². The first kappa shape index (κ1) is 12.1. The van der Waals surface area contributed by atoms with Crippen LogP contribution in [0, 0.1) is 0 Å². The Morgan fingerprint density at radius 2 is 2.00 bits per heavy atom. The molecule has 6 heteroatoms. The molecule has 0 spiro atoms. The Morgan fingerprint density at radius 3 is 2.74 bits per heavy atom. The van der Waals surface area contributed by atoms with Gasteiger partial charge in [-0.25, -0.2) is 0 Å². The molecule has 6 nitrogen and oxygen atoms in total. The summed E-state index contributed by atoms with van der Waals surface area (Å²) in [4.78, 5) is 13.5. The van der Waals surface area contributed by atoms with E-state index in [4.69, 9.17) is 4.52 Å². The maximum atomic E-state index is 12.1. The number of hydrogen-bond acceptors (Lipinski definition) is 5. The molecule has 1 saturated heterocycles. The lowest BCUT2D eigenvalue weighted by Crippen LogP contribution is -2.31. The van der Waals surface area contributed by atoms with Gasteiger partial charge in [0.15, 0.2) is 5.58 Å². The van der Waals surface area contributed by atoms with Crippen molar-refractivity contribution in [2.45, 2.75) is 18.6 Å². The second-order valence-corrected chi connectivity index (χ2v) is 4.74. The predicted molar refractivity (Wildman–Crippen MR) is 66.3 cm³/mol. The Hall–Kier alpha value is -1.92. The fourth-order valence-corrected chi connectivity index (χ4v) is 2.29. The Balaban J connectivity index is 1.76. The molecule has 1 aliphatic heterocycles. The molecule has 1 fully saturated rings. The summed E-state index contributed by atoms with van der Waals surface area (Å²) in [5.74, 6) is -0.172. The number of rotatable bonds is 2. The van der Waals surface area contributed by atoms with E-state index in [0.29, 0.717) is 11.3 Å². The summed E-state index contributed by atoms with van der Waals surface area (Å²) in [6, 6.07) is 7.34. The van der Waals surface area contributed by atoms with Gasteiger partial charge in [-0.3, -0.25) is 4.79 Å². The second kappa shape index (κ2) is 4.64. The molecular weight excluding hydrogens is 248 g/mol. The van der Waals surface area contributed by atoms with Gasteiger partial charge in [0.05, 0.1) is 18.6 Å². The van der Waals surface area contributed by atoms with E-state index < -0.39 is 12.2 Å². The fraction of sp³-hybridized carbons (Fsp3) is 0.385. The van der Waals surface area contributed by atoms with E-state index in [1.54, 1.807) is 6.07 Å². The average molecular weight is 262 g/mol. The van der Waals surface area contributed by atoms with Crippen molar-refractivity contribution >= 4 is 16.9 Å². The third-order valence-electron chi connectivity index (χ3n) is 3.38. The summed E-state index contributed by atoms with van der Waals surface area (Å²) in [6.07, 6.45) is -1.62. The zero-order valence-electron chi connectivity index (χ0n) is 10.2. The minimum Gasteiger partial charge on any atom is -0.388 e. The number of aromatic nitrogens is 1. The van der Waals surface area contributed by atoms with Crippen molar-refractivity contribution in [3.05, 3.63) is 30.0 Å². The van der Waals surface area contributed by atoms with Gasteiger partial charge in [0.1, 0.15) is 5.69 Å². The molecule has 0 saturated carbocycles. The number of nitrogens with zero attached hydrogens (tertiary/aromatic N) is 2. The normalized spacial score (nSPS) is 23.2. The summed E-state index contributed by atoms with van der Waals surface area (Å²) in [5, 5.41) is 23.6. The number of amides is 1. The zero-order valence-corrected chi connectivity index (χ0v) is 10.2. The molecule has 3 rings (SSSR count). The molecule has 0 radical (unpaired) electrons. The average Bonchev–Trinajstić information content (AvgIpc) is 2.95. The van der Waals surface area contributed by atoms with E-state index in [0.717, 1.165) is 5.39 Å². The highest BCUT2D eigenvalue weighted by Crippen LogP contribution is 2.19. The summed E-state index contributed by atoms with van der Waals surface area (Å²) in [5.41, 5.74) is 1.23. The van der Waals surface area contributed by atoms with Crippen LogP contribution in [0.3, 0.4) is 0 Å². The van der Waals surface area contributed by atoms with Crippen LogP contribution < -0.4 is 0 Å².